The summed E-state index contributed by atoms with van der Waals surface area (Å²) in [5.41, 5.74) is 1.31. The fraction of sp³-hybridized carbons (Fsp3) is 0.375. The van der Waals surface area contributed by atoms with E-state index in [9.17, 15) is 14.7 Å². The van der Waals surface area contributed by atoms with Crippen LogP contribution in [0.2, 0.25) is 0 Å². The van der Waals surface area contributed by atoms with Gasteiger partial charge in [-0.05, 0) is 43.0 Å². The molecule has 0 saturated carbocycles. The summed E-state index contributed by atoms with van der Waals surface area (Å²) in [5, 5.41) is 9.46. The zero-order valence-electron chi connectivity index (χ0n) is 11.5. The van der Waals surface area contributed by atoms with Gasteiger partial charge < -0.3 is 5.11 Å². The van der Waals surface area contributed by atoms with Crippen LogP contribution in [0.15, 0.2) is 30.4 Å². The Hall–Kier alpha value is -2.10. The minimum Gasteiger partial charge on any atom is -0.508 e. The van der Waals surface area contributed by atoms with Gasteiger partial charge in [0, 0.05) is 0 Å². The number of amides is 2. The number of fused-ring (bicyclic) bond motifs is 1. The van der Waals surface area contributed by atoms with E-state index in [1.807, 2.05) is 19.1 Å². The summed E-state index contributed by atoms with van der Waals surface area (Å²) in [5.74, 6) is -0.502. The van der Waals surface area contributed by atoms with Crippen LogP contribution in [0.1, 0.15) is 18.9 Å². The highest BCUT2D eigenvalue weighted by Crippen LogP contribution is 2.41. The summed E-state index contributed by atoms with van der Waals surface area (Å²) >= 11 is 0. The number of allylic oxidation sites excluding steroid dienone is 2. The number of aryl methyl sites for hydroxylation is 1. The normalized spacial score (nSPS) is 28.9. The molecule has 1 saturated heterocycles. The van der Waals surface area contributed by atoms with Crippen LogP contribution < -0.4 is 4.90 Å². The summed E-state index contributed by atoms with van der Waals surface area (Å²) in [6, 6.07) is 4.71. The highest BCUT2D eigenvalue weighted by Gasteiger charge is 2.50. The lowest BCUT2D eigenvalue weighted by molar-refractivity contribution is -0.122. The first-order valence-corrected chi connectivity index (χ1v) is 6.85. The summed E-state index contributed by atoms with van der Waals surface area (Å²) in [7, 11) is 0. The topological polar surface area (TPSA) is 57.6 Å². The zero-order chi connectivity index (χ0) is 14.4. The zero-order valence-corrected chi connectivity index (χ0v) is 11.5. The molecule has 4 nitrogen and oxygen atoms in total. The van der Waals surface area contributed by atoms with E-state index in [0.717, 1.165) is 5.56 Å². The van der Waals surface area contributed by atoms with Crippen LogP contribution in [0.5, 0.6) is 5.75 Å². The summed E-state index contributed by atoms with van der Waals surface area (Å²) in [6.45, 7) is 3.77. The summed E-state index contributed by atoms with van der Waals surface area (Å²) < 4.78 is 0. The molecule has 2 amide bonds. The SMILES string of the molecule is Cc1cc(O)ccc1N1C(=O)[C@@H]2[C@@H](C)C=CC[C@H]2C1=O. The molecule has 0 spiro atoms. The van der Waals surface area contributed by atoms with Crippen molar-refractivity contribution >= 4 is 17.5 Å². The average Bonchev–Trinajstić information content (AvgIpc) is 2.64. The van der Waals surface area contributed by atoms with Gasteiger partial charge in [-0.1, -0.05) is 19.1 Å². The van der Waals surface area contributed by atoms with Gasteiger partial charge in [-0.2, -0.15) is 0 Å². The number of phenols is 1. The quantitative estimate of drug-likeness (QED) is 0.630. The Balaban J connectivity index is 2.03. The van der Waals surface area contributed by atoms with Gasteiger partial charge in [0.1, 0.15) is 5.75 Å². The maximum absolute atomic E-state index is 12.6. The number of benzene rings is 1. The van der Waals surface area contributed by atoms with Gasteiger partial charge in [-0.15, -0.1) is 0 Å². The largest absolute Gasteiger partial charge is 0.508 e. The Labute approximate surface area is 117 Å². The first-order chi connectivity index (χ1) is 9.50. The van der Waals surface area contributed by atoms with Crippen molar-refractivity contribution < 1.29 is 14.7 Å². The Morgan fingerprint density at radius 2 is 2.00 bits per heavy atom. The van der Waals surface area contributed by atoms with Crippen LogP contribution in [0.3, 0.4) is 0 Å². The lowest BCUT2D eigenvalue weighted by Gasteiger charge is -2.22. The maximum atomic E-state index is 12.6. The monoisotopic (exact) mass is 271 g/mol. The van der Waals surface area contributed by atoms with Crippen LogP contribution in [0.4, 0.5) is 5.69 Å². The van der Waals surface area contributed by atoms with Crippen molar-refractivity contribution in [3.8, 4) is 5.75 Å². The number of imide groups is 1. The van der Waals surface area contributed by atoms with Crippen molar-refractivity contribution in [1.29, 1.82) is 0 Å². The third-order valence-electron chi connectivity index (χ3n) is 4.29. The van der Waals surface area contributed by atoms with Crippen LogP contribution in [0.25, 0.3) is 0 Å². The van der Waals surface area contributed by atoms with Crippen molar-refractivity contribution in [2.24, 2.45) is 17.8 Å². The van der Waals surface area contributed by atoms with Crippen molar-refractivity contribution in [3.05, 3.63) is 35.9 Å². The second-order valence-corrected chi connectivity index (χ2v) is 5.64. The first-order valence-electron chi connectivity index (χ1n) is 6.85. The number of rotatable bonds is 1. The molecule has 20 heavy (non-hydrogen) atoms. The van der Waals surface area contributed by atoms with Crippen LogP contribution >= 0.6 is 0 Å². The molecule has 2 aliphatic rings. The van der Waals surface area contributed by atoms with E-state index < -0.39 is 0 Å². The first kappa shape index (κ1) is 12.9. The lowest BCUT2D eigenvalue weighted by atomic mass is 9.78. The molecule has 0 aromatic heterocycles. The van der Waals surface area contributed by atoms with Gasteiger partial charge in [0.25, 0.3) is 0 Å². The molecule has 1 aliphatic carbocycles. The van der Waals surface area contributed by atoms with Gasteiger partial charge in [0.05, 0.1) is 17.5 Å². The number of carbonyl (C=O) groups is 2. The van der Waals surface area contributed by atoms with Crippen molar-refractivity contribution in [1.82, 2.24) is 0 Å². The minimum absolute atomic E-state index is 0.0904. The molecular weight excluding hydrogens is 254 g/mol. The number of carbonyl (C=O) groups excluding carboxylic acids is 2. The number of hydrogen-bond acceptors (Lipinski definition) is 3. The molecule has 1 fully saturated rings. The van der Waals surface area contributed by atoms with E-state index in [4.69, 9.17) is 0 Å². The molecule has 1 aromatic carbocycles. The molecule has 1 heterocycles. The van der Waals surface area contributed by atoms with E-state index in [1.165, 1.54) is 11.0 Å². The van der Waals surface area contributed by atoms with Gasteiger partial charge in [-0.3, -0.25) is 9.59 Å². The molecular formula is C16H17NO3. The molecule has 0 bridgehead atoms. The third-order valence-corrected chi connectivity index (χ3v) is 4.29. The number of aromatic hydroxyl groups is 1. The Morgan fingerprint density at radius 1 is 1.25 bits per heavy atom. The van der Waals surface area contributed by atoms with Crippen LogP contribution in [-0.4, -0.2) is 16.9 Å². The minimum atomic E-state index is -0.249. The average molecular weight is 271 g/mol. The number of anilines is 1. The molecule has 4 heteroatoms. The summed E-state index contributed by atoms with van der Waals surface area (Å²) in [6.07, 6.45) is 4.64. The summed E-state index contributed by atoms with van der Waals surface area (Å²) in [4.78, 5) is 26.4. The van der Waals surface area contributed by atoms with Gasteiger partial charge in [0.2, 0.25) is 11.8 Å². The lowest BCUT2D eigenvalue weighted by Crippen LogP contribution is -2.32. The molecule has 3 rings (SSSR count). The Kier molecular flexibility index (Phi) is 2.89. The highest BCUT2D eigenvalue weighted by molar-refractivity contribution is 6.22. The van der Waals surface area contributed by atoms with Gasteiger partial charge in [-0.25, -0.2) is 4.90 Å². The smallest absolute Gasteiger partial charge is 0.238 e. The molecule has 1 aliphatic heterocycles. The second-order valence-electron chi connectivity index (χ2n) is 5.64. The predicted molar refractivity (Wildman–Crippen MR) is 75.2 cm³/mol. The maximum Gasteiger partial charge on any atom is 0.238 e. The fourth-order valence-corrected chi connectivity index (χ4v) is 3.28. The third kappa shape index (κ3) is 1.75. The van der Waals surface area contributed by atoms with Gasteiger partial charge in [0.15, 0.2) is 0 Å². The van der Waals surface area contributed by atoms with E-state index in [1.54, 1.807) is 19.1 Å². The highest BCUT2D eigenvalue weighted by atomic mass is 16.3. The van der Waals surface area contributed by atoms with Crippen molar-refractivity contribution in [2.45, 2.75) is 20.3 Å². The molecule has 1 N–H and O–H groups in total. The fourth-order valence-electron chi connectivity index (χ4n) is 3.28. The van der Waals surface area contributed by atoms with E-state index in [0.29, 0.717) is 12.1 Å². The van der Waals surface area contributed by atoms with Crippen LogP contribution in [-0.2, 0) is 9.59 Å². The molecule has 104 valence electrons. The molecule has 0 unspecified atom stereocenters. The Morgan fingerprint density at radius 3 is 2.65 bits per heavy atom. The second kappa shape index (κ2) is 4.47. The molecule has 0 radical (unpaired) electrons. The van der Waals surface area contributed by atoms with Gasteiger partial charge >= 0.3 is 0 Å². The predicted octanol–water partition coefficient (Wildman–Crippen LogP) is 2.40. The van der Waals surface area contributed by atoms with E-state index in [2.05, 4.69) is 0 Å². The number of nitrogens with zero attached hydrogens (tertiary/aromatic N) is 1. The van der Waals surface area contributed by atoms with Crippen LogP contribution in [0, 0.1) is 24.7 Å². The molecule has 1 aromatic rings. The molecule has 3 atom stereocenters. The van der Waals surface area contributed by atoms with E-state index >= 15 is 0 Å². The Bertz CT molecular complexity index is 620. The van der Waals surface area contributed by atoms with Crippen molar-refractivity contribution in [3.63, 3.8) is 0 Å². The number of hydrogen-bond donors (Lipinski definition) is 1. The van der Waals surface area contributed by atoms with Crippen molar-refractivity contribution in [2.75, 3.05) is 4.90 Å². The number of phenolic OH excluding ortho intramolecular Hbond substituents is 1. The van der Waals surface area contributed by atoms with E-state index in [-0.39, 0.29) is 35.3 Å². The standard InChI is InChI=1S/C16H17NO3/c1-9-4-3-5-12-14(9)16(20)17(15(12)19)13-7-6-11(18)8-10(13)2/h3-4,6-9,12,14,18H,5H2,1-2H3/t9-,12+,14+/m0/s1.